The predicted molar refractivity (Wildman–Crippen MR) is 165 cm³/mol. The third-order valence-electron chi connectivity index (χ3n) is 6.60. The maximum absolute atomic E-state index is 13.3. The zero-order valence-corrected chi connectivity index (χ0v) is 25.8. The van der Waals surface area contributed by atoms with Gasteiger partial charge in [0.2, 0.25) is 0 Å². The van der Waals surface area contributed by atoms with Crippen LogP contribution in [-0.2, 0) is 14.3 Å². The molecule has 1 aliphatic rings. The third-order valence-corrected chi connectivity index (χ3v) is 7.70. The molecule has 1 heterocycles. The lowest BCUT2D eigenvalue weighted by molar-refractivity contribution is -0.155. The third kappa shape index (κ3) is 9.61. The first kappa shape index (κ1) is 32.7. The standard InChI is InChI=1S/C31H42N4O6S/c1-19(2)17-24(28(37)40-22-10-6-7-11-22)35(30(39)41-31(3,4)5)16-8-9-20-12-14-21(15-13-20)25-18-23(26(32)36)27(42-25)34-29(33)38/h8-9,12-15,18-19,22,24H,6-7,10-11,16-17H2,1-5H3,(H2,32,36)(H3,33,34,38)/t24-/m0/s1. The van der Waals surface area contributed by atoms with Crippen molar-refractivity contribution in [2.24, 2.45) is 17.4 Å². The molecule has 4 amide bonds. The Morgan fingerprint density at radius 1 is 1.10 bits per heavy atom. The average Bonchev–Trinajstić information content (AvgIpc) is 3.54. The topological polar surface area (TPSA) is 154 Å². The van der Waals surface area contributed by atoms with E-state index < -0.39 is 35.6 Å². The van der Waals surface area contributed by atoms with Gasteiger partial charge in [0.1, 0.15) is 22.7 Å². The lowest BCUT2D eigenvalue weighted by Crippen LogP contribution is -2.49. The second kappa shape index (κ2) is 14.4. The number of hydrogen-bond donors (Lipinski definition) is 3. The van der Waals surface area contributed by atoms with Gasteiger partial charge in [0.15, 0.2) is 0 Å². The van der Waals surface area contributed by atoms with Crippen LogP contribution < -0.4 is 16.8 Å². The highest BCUT2D eigenvalue weighted by atomic mass is 32.1. The molecule has 3 rings (SSSR count). The number of benzene rings is 1. The molecule has 11 heteroatoms. The molecule has 0 aliphatic heterocycles. The van der Waals surface area contributed by atoms with Crippen LogP contribution in [0.25, 0.3) is 16.5 Å². The molecule has 1 saturated carbocycles. The van der Waals surface area contributed by atoms with Gasteiger partial charge >= 0.3 is 18.1 Å². The molecular formula is C31H42N4O6S. The van der Waals surface area contributed by atoms with E-state index in [4.69, 9.17) is 20.9 Å². The largest absolute Gasteiger partial charge is 0.461 e. The second-order valence-corrected chi connectivity index (χ2v) is 12.9. The van der Waals surface area contributed by atoms with E-state index in [1.807, 2.05) is 50.3 Å². The SMILES string of the molecule is CC(C)C[C@@H](C(=O)OC1CCCC1)N(CC=Cc1ccc(-c2cc(C(N)=O)c(NC(N)=O)s2)cc1)C(=O)OC(C)(C)C. The van der Waals surface area contributed by atoms with Crippen LogP contribution in [-0.4, -0.2) is 53.2 Å². The molecule has 0 unspecified atom stereocenters. The maximum Gasteiger partial charge on any atom is 0.411 e. The Morgan fingerprint density at radius 2 is 1.74 bits per heavy atom. The van der Waals surface area contributed by atoms with E-state index in [2.05, 4.69) is 5.32 Å². The summed E-state index contributed by atoms with van der Waals surface area (Å²) in [7, 11) is 0. The van der Waals surface area contributed by atoms with Crippen LogP contribution in [0.2, 0.25) is 0 Å². The second-order valence-electron chi connectivity index (χ2n) is 11.9. The van der Waals surface area contributed by atoms with E-state index in [-0.39, 0.29) is 24.1 Å². The van der Waals surface area contributed by atoms with Crippen LogP contribution in [0.5, 0.6) is 0 Å². The first-order valence-corrected chi connectivity index (χ1v) is 15.0. The summed E-state index contributed by atoms with van der Waals surface area (Å²) >= 11 is 1.19. The number of nitrogens with two attached hydrogens (primary N) is 2. The van der Waals surface area contributed by atoms with Crippen LogP contribution >= 0.6 is 11.3 Å². The molecule has 42 heavy (non-hydrogen) atoms. The minimum atomic E-state index is -0.783. The fourth-order valence-corrected chi connectivity index (χ4v) is 5.75. The van der Waals surface area contributed by atoms with Gasteiger partial charge in [0, 0.05) is 11.4 Å². The number of urea groups is 1. The summed E-state index contributed by atoms with van der Waals surface area (Å²) in [6, 6.07) is 7.57. The van der Waals surface area contributed by atoms with Crippen LogP contribution in [0.4, 0.5) is 14.6 Å². The summed E-state index contributed by atoms with van der Waals surface area (Å²) in [6.07, 6.45) is 7.23. The Hall–Kier alpha value is -3.86. The van der Waals surface area contributed by atoms with Crippen LogP contribution in [0, 0.1) is 5.92 Å². The molecule has 10 nitrogen and oxygen atoms in total. The van der Waals surface area contributed by atoms with Crippen molar-refractivity contribution in [3.8, 4) is 10.4 Å². The fourth-order valence-electron chi connectivity index (χ4n) is 4.68. The van der Waals surface area contributed by atoms with E-state index in [1.54, 1.807) is 26.8 Å². The summed E-state index contributed by atoms with van der Waals surface area (Å²) in [5, 5.41) is 2.73. The summed E-state index contributed by atoms with van der Waals surface area (Å²) in [5.74, 6) is -0.910. The molecule has 228 valence electrons. The minimum absolute atomic E-state index is 0.105. The van der Waals surface area contributed by atoms with Gasteiger partial charge in [0.05, 0.1) is 5.56 Å². The Morgan fingerprint density at radius 3 is 2.29 bits per heavy atom. The molecule has 1 fully saturated rings. The number of carbonyl (C=O) groups is 4. The Bertz CT molecular complexity index is 1290. The predicted octanol–water partition coefficient (Wildman–Crippen LogP) is 6.16. The number of carbonyl (C=O) groups excluding carboxylic acids is 4. The molecule has 1 aromatic heterocycles. The fraction of sp³-hybridized carbons (Fsp3) is 0.484. The molecule has 0 bridgehead atoms. The highest BCUT2D eigenvalue weighted by Gasteiger charge is 2.35. The van der Waals surface area contributed by atoms with E-state index in [0.29, 0.717) is 11.4 Å². The van der Waals surface area contributed by atoms with Gasteiger partial charge in [-0.2, -0.15) is 0 Å². The Labute approximate surface area is 251 Å². The minimum Gasteiger partial charge on any atom is -0.461 e. The van der Waals surface area contributed by atoms with Crippen molar-refractivity contribution in [1.82, 2.24) is 4.90 Å². The summed E-state index contributed by atoms with van der Waals surface area (Å²) in [4.78, 5) is 51.9. The lowest BCUT2D eigenvalue weighted by Gasteiger charge is -2.33. The van der Waals surface area contributed by atoms with Gasteiger partial charge in [-0.1, -0.05) is 50.3 Å². The quantitative estimate of drug-likeness (QED) is 0.263. The summed E-state index contributed by atoms with van der Waals surface area (Å²) < 4.78 is 11.5. The number of thiophene rings is 1. The Balaban J connectivity index is 1.80. The van der Waals surface area contributed by atoms with Crippen LogP contribution in [0.3, 0.4) is 0 Å². The van der Waals surface area contributed by atoms with Crippen LogP contribution in [0.1, 0.15) is 82.6 Å². The number of esters is 1. The average molecular weight is 599 g/mol. The molecule has 5 N–H and O–H groups in total. The summed E-state index contributed by atoms with van der Waals surface area (Å²) in [5.41, 5.74) is 11.8. The number of primary amides is 2. The number of rotatable bonds is 11. The van der Waals surface area contributed by atoms with Crippen molar-refractivity contribution in [3.05, 3.63) is 47.5 Å². The van der Waals surface area contributed by atoms with E-state index in [1.165, 1.54) is 16.2 Å². The van der Waals surface area contributed by atoms with E-state index in [9.17, 15) is 19.2 Å². The normalized spacial score (nSPS) is 14.6. The number of amides is 4. The van der Waals surface area contributed by atoms with Crippen molar-refractivity contribution < 1.29 is 28.7 Å². The van der Waals surface area contributed by atoms with Gasteiger partial charge in [-0.25, -0.2) is 14.4 Å². The van der Waals surface area contributed by atoms with Crippen LogP contribution in [0.15, 0.2) is 36.4 Å². The molecule has 2 aromatic rings. The highest BCUT2D eigenvalue weighted by Crippen LogP contribution is 2.35. The summed E-state index contributed by atoms with van der Waals surface area (Å²) in [6.45, 7) is 9.55. The van der Waals surface area contributed by atoms with Crippen molar-refractivity contribution in [3.63, 3.8) is 0 Å². The number of ether oxygens (including phenoxy) is 2. The number of hydrogen-bond acceptors (Lipinski definition) is 7. The molecular weight excluding hydrogens is 556 g/mol. The van der Waals surface area contributed by atoms with E-state index >= 15 is 0 Å². The monoisotopic (exact) mass is 598 g/mol. The maximum atomic E-state index is 13.3. The highest BCUT2D eigenvalue weighted by molar-refractivity contribution is 7.20. The molecule has 0 spiro atoms. The zero-order valence-electron chi connectivity index (χ0n) is 25.0. The first-order valence-electron chi connectivity index (χ1n) is 14.2. The zero-order chi connectivity index (χ0) is 31.0. The van der Waals surface area contributed by atoms with Gasteiger partial charge in [-0.15, -0.1) is 11.3 Å². The molecule has 1 atom stereocenters. The number of anilines is 1. The Kier molecular flexibility index (Phi) is 11.2. The van der Waals surface area contributed by atoms with Crippen molar-refractivity contribution >= 4 is 46.4 Å². The number of nitrogens with zero attached hydrogens (tertiary/aromatic N) is 1. The van der Waals surface area contributed by atoms with Crippen molar-refractivity contribution in [2.45, 2.75) is 84.5 Å². The van der Waals surface area contributed by atoms with Gasteiger partial charge < -0.3 is 20.9 Å². The molecule has 0 radical (unpaired) electrons. The smallest absolute Gasteiger partial charge is 0.411 e. The van der Waals surface area contributed by atoms with Crippen molar-refractivity contribution in [2.75, 3.05) is 11.9 Å². The number of nitrogens with one attached hydrogen (secondary N) is 1. The lowest BCUT2D eigenvalue weighted by atomic mass is 10.0. The van der Waals surface area contributed by atoms with Gasteiger partial charge in [-0.05, 0) is 76.0 Å². The molecule has 1 aromatic carbocycles. The van der Waals surface area contributed by atoms with Gasteiger partial charge in [0.25, 0.3) is 5.91 Å². The molecule has 1 aliphatic carbocycles. The first-order chi connectivity index (χ1) is 19.7. The van der Waals surface area contributed by atoms with E-state index in [0.717, 1.165) is 41.7 Å². The van der Waals surface area contributed by atoms with Gasteiger partial charge in [-0.3, -0.25) is 15.0 Å². The van der Waals surface area contributed by atoms with Crippen molar-refractivity contribution in [1.29, 1.82) is 0 Å². The molecule has 0 saturated heterocycles.